The lowest BCUT2D eigenvalue weighted by Gasteiger charge is -2.36. The fourth-order valence-electron chi connectivity index (χ4n) is 3.56. The van der Waals surface area contributed by atoms with Gasteiger partial charge >= 0.3 is 0 Å². The molecule has 1 aliphatic heterocycles. The van der Waals surface area contributed by atoms with Gasteiger partial charge in [0.25, 0.3) is 0 Å². The van der Waals surface area contributed by atoms with Crippen molar-refractivity contribution in [2.75, 3.05) is 37.6 Å². The second-order valence-corrected chi connectivity index (χ2v) is 6.73. The minimum Gasteiger partial charge on any atom is -0.369 e. The van der Waals surface area contributed by atoms with E-state index in [1.165, 1.54) is 24.3 Å². The van der Waals surface area contributed by atoms with Gasteiger partial charge in [0, 0.05) is 44.5 Å². The molecule has 26 heavy (non-hydrogen) atoms. The van der Waals surface area contributed by atoms with Crippen LogP contribution in [-0.4, -0.2) is 47.2 Å². The minimum absolute atomic E-state index is 0.192. The standard InChI is InChI=1S/C20H22F2N4/c21-16-2-5-18(6-3-16)25-12-10-24(11-13-25)8-1-9-26-15-23-19-14-17(22)4-7-20(19)26/h2-7,14-15H,1,8-13H2. The van der Waals surface area contributed by atoms with Gasteiger partial charge in [-0.15, -0.1) is 0 Å². The Morgan fingerprint density at radius 2 is 1.58 bits per heavy atom. The van der Waals surface area contributed by atoms with E-state index in [1.54, 1.807) is 12.4 Å². The van der Waals surface area contributed by atoms with Crippen molar-refractivity contribution in [1.29, 1.82) is 0 Å². The fraction of sp³-hybridized carbons (Fsp3) is 0.350. The molecule has 3 aromatic rings. The van der Waals surface area contributed by atoms with E-state index >= 15 is 0 Å². The average molecular weight is 356 g/mol. The number of imidazole rings is 1. The van der Waals surface area contributed by atoms with Crippen molar-refractivity contribution < 1.29 is 8.78 Å². The van der Waals surface area contributed by atoms with Crippen molar-refractivity contribution in [3.63, 3.8) is 0 Å². The smallest absolute Gasteiger partial charge is 0.125 e. The van der Waals surface area contributed by atoms with Gasteiger partial charge in [-0.1, -0.05) is 0 Å². The van der Waals surface area contributed by atoms with Crippen LogP contribution in [0.3, 0.4) is 0 Å². The van der Waals surface area contributed by atoms with Gasteiger partial charge in [0.2, 0.25) is 0 Å². The zero-order chi connectivity index (χ0) is 17.9. The second-order valence-electron chi connectivity index (χ2n) is 6.73. The van der Waals surface area contributed by atoms with Crippen LogP contribution in [-0.2, 0) is 6.54 Å². The van der Waals surface area contributed by atoms with Crippen LogP contribution in [0.2, 0.25) is 0 Å². The van der Waals surface area contributed by atoms with Crippen LogP contribution >= 0.6 is 0 Å². The number of halogens is 2. The molecule has 4 rings (SSSR count). The van der Waals surface area contributed by atoms with Gasteiger partial charge < -0.3 is 9.47 Å². The molecule has 0 atom stereocenters. The normalized spacial score (nSPS) is 15.7. The van der Waals surface area contributed by atoms with Crippen LogP contribution in [0.5, 0.6) is 0 Å². The number of rotatable bonds is 5. The highest BCUT2D eigenvalue weighted by molar-refractivity contribution is 5.75. The highest BCUT2D eigenvalue weighted by atomic mass is 19.1. The molecular formula is C20H22F2N4. The van der Waals surface area contributed by atoms with E-state index in [0.717, 1.165) is 56.9 Å². The maximum Gasteiger partial charge on any atom is 0.125 e. The molecule has 0 N–H and O–H groups in total. The minimum atomic E-state index is -0.248. The Morgan fingerprint density at radius 1 is 0.846 bits per heavy atom. The fourth-order valence-corrected chi connectivity index (χ4v) is 3.56. The van der Waals surface area contributed by atoms with Crippen molar-refractivity contribution in [3.05, 3.63) is 60.4 Å². The van der Waals surface area contributed by atoms with Gasteiger partial charge in [0.15, 0.2) is 0 Å². The average Bonchev–Trinajstić information content (AvgIpc) is 3.05. The van der Waals surface area contributed by atoms with Crippen LogP contribution in [0.25, 0.3) is 11.0 Å². The summed E-state index contributed by atoms with van der Waals surface area (Å²) in [4.78, 5) is 9.03. The Morgan fingerprint density at radius 3 is 2.35 bits per heavy atom. The number of hydrogen-bond donors (Lipinski definition) is 0. The summed E-state index contributed by atoms with van der Waals surface area (Å²) in [6, 6.07) is 11.5. The van der Waals surface area contributed by atoms with Crippen molar-refractivity contribution in [2.24, 2.45) is 0 Å². The molecule has 0 unspecified atom stereocenters. The molecular weight excluding hydrogens is 334 g/mol. The van der Waals surface area contributed by atoms with Crippen LogP contribution in [0, 0.1) is 11.6 Å². The van der Waals surface area contributed by atoms with Crippen LogP contribution < -0.4 is 4.90 Å². The quantitative estimate of drug-likeness (QED) is 0.699. The van der Waals surface area contributed by atoms with Gasteiger partial charge in [0.1, 0.15) is 11.6 Å². The molecule has 2 aromatic carbocycles. The molecule has 4 nitrogen and oxygen atoms in total. The van der Waals surface area contributed by atoms with Crippen LogP contribution in [0.4, 0.5) is 14.5 Å². The lowest BCUT2D eigenvalue weighted by Crippen LogP contribution is -2.46. The molecule has 2 heterocycles. The number of fused-ring (bicyclic) bond motifs is 1. The Balaban J connectivity index is 1.26. The van der Waals surface area contributed by atoms with E-state index in [2.05, 4.69) is 19.4 Å². The zero-order valence-electron chi connectivity index (χ0n) is 14.6. The van der Waals surface area contributed by atoms with Gasteiger partial charge in [-0.05, 0) is 49.4 Å². The summed E-state index contributed by atoms with van der Waals surface area (Å²) in [6.07, 6.45) is 2.82. The van der Waals surface area contributed by atoms with Crippen LogP contribution in [0.15, 0.2) is 48.8 Å². The number of hydrogen-bond acceptors (Lipinski definition) is 3. The third kappa shape index (κ3) is 3.70. The summed E-state index contributed by atoms with van der Waals surface area (Å²) < 4.78 is 28.4. The highest BCUT2D eigenvalue weighted by Gasteiger charge is 2.17. The molecule has 0 saturated carbocycles. The monoisotopic (exact) mass is 356 g/mol. The first-order chi connectivity index (χ1) is 12.7. The second kappa shape index (κ2) is 7.41. The van der Waals surface area contributed by atoms with Crippen molar-refractivity contribution in [2.45, 2.75) is 13.0 Å². The summed E-state index contributed by atoms with van der Waals surface area (Å²) in [7, 11) is 0. The molecule has 0 amide bonds. The number of benzene rings is 2. The molecule has 1 fully saturated rings. The van der Waals surface area contributed by atoms with E-state index in [9.17, 15) is 8.78 Å². The third-order valence-electron chi connectivity index (χ3n) is 5.02. The van der Waals surface area contributed by atoms with E-state index < -0.39 is 0 Å². The first-order valence-corrected chi connectivity index (χ1v) is 9.02. The summed E-state index contributed by atoms with van der Waals surface area (Å²) in [5, 5.41) is 0. The number of piperazine rings is 1. The first kappa shape index (κ1) is 17.0. The maximum atomic E-state index is 13.2. The van der Waals surface area contributed by atoms with E-state index in [1.807, 2.05) is 12.1 Å². The summed E-state index contributed by atoms with van der Waals surface area (Å²) >= 11 is 0. The molecule has 1 saturated heterocycles. The molecule has 6 heteroatoms. The van der Waals surface area contributed by atoms with Gasteiger partial charge in [-0.3, -0.25) is 4.90 Å². The van der Waals surface area contributed by atoms with Crippen molar-refractivity contribution >= 4 is 16.7 Å². The van der Waals surface area contributed by atoms with Crippen molar-refractivity contribution in [3.8, 4) is 0 Å². The molecule has 0 bridgehead atoms. The lowest BCUT2D eigenvalue weighted by molar-refractivity contribution is 0.251. The number of nitrogens with zero attached hydrogens (tertiary/aromatic N) is 4. The summed E-state index contributed by atoms with van der Waals surface area (Å²) in [5.41, 5.74) is 2.77. The van der Waals surface area contributed by atoms with Gasteiger partial charge in [0.05, 0.1) is 17.4 Å². The highest BCUT2D eigenvalue weighted by Crippen LogP contribution is 2.18. The van der Waals surface area contributed by atoms with Crippen molar-refractivity contribution in [1.82, 2.24) is 14.5 Å². The summed E-state index contributed by atoms with van der Waals surface area (Å²) in [5.74, 6) is -0.441. The van der Waals surface area contributed by atoms with E-state index in [4.69, 9.17) is 0 Å². The molecule has 0 spiro atoms. The van der Waals surface area contributed by atoms with Gasteiger partial charge in [-0.25, -0.2) is 13.8 Å². The van der Waals surface area contributed by atoms with Crippen LogP contribution in [0.1, 0.15) is 6.42 Å². The number of aromatic nitrogens is 2. The first-order valence-electron chi connectivity index (χ1n) is 9.02. The molecule has 136 valence electrons. The van der Waals surface area contributed by atoms with E-state index in [0.29, 0.717) is 5.52 Å². The summed E-state index contributed by atoms with van der Waals surface area (Å²) in [6.45, 7) is 5.83. The Kier molecular flexibility index (Phi) is 4.84. The maximum absolute atomic E-state index is 13.2. The molecule has 0 radical (unpaired) electrons. The SMILES string of the molecule is Fc1ccc(N2CCN(CCCn3cnc4cc(F)ccc43)CC2)cc1. The molecule has 0 aliphatic carbocycles. The predicted octanol–water partition coefficient (Wildman–Crippen LogP) is 3.53. The Hall–Kier alpha value is -2.47. The topological polar surface area (TPSA) is 24.3 Å². The number of anilines is 1. The Labute approximate surface area is 151 Å². The largest absolute Gasteiger partial charge is 0.369 e. The molecule has 1 aromatic heterocycles. The third-order valence-corrected chi connectivity index (χ3v) is 5.02. The predicted molar refractivity (Wildman–Crippen MR) is 99.4 cm³/mol. The van der Waals surface area contributed by atoms with Gasteiger partial charge in [-0.2, -0.15) is 0 Å². The Bertz CT molecular complexity index is 867. The van der Waals surface area contributed by atoms with E-state index in [-0.39, 0.29) is 11.6 Å². The lowest BCUT2D eigenvalue weighted by atomic mass is 10.2. The molecule has 1 aliphatic rings. The number of aryl methyl sites for hydroxylation is 1. The zero-order valence-corrected chi connectivity index (χ0v) is 14.6.